The molecule has 2 rings (SSSR count). The van der Waals surface area contributed by atoms with Gasteiger partial charge in [-0.2, -0.15) is 0 Å². The van der Waals surface area contributed by atoms with Gasteiger partial charge in [0.15, 0.2) is 0 Å². The van der Waals surface area contributed by atoms with Crippen LogP contribution in [0.4, 0.5) is 18.9 Å². The van der Waals surface area contributed by atoms with Crippen molar-refractivity contribution in [1.29, 1.82) is 0 Å². The van der Waals surface area contributed by atoms with Crippen LogP contribution >= 0.6 is 0 Å². The molecule has 0 fully saturated rings. The summed E-state index contributed by atoms with van der Waals surface area (Å²) >= 11 is 0. The summed E-state index contributed by atoms with van der Waals surface area (Å²) in [5, 5.41) is 4.91. The van der Waals surface area contributed by atoms with Crippen molar-refractivity contribution in [3.8, 4) is 5.75 Å². The van der Waals surface area contributed by atoms with Gasteiger partial charge in [-0.05, 0) is 37.3 Å². The summed E-state index contributed by atoms with van der Waals surface area (Å²) in [6, 6.07) is 5.79. The molecule has 1 aromatic carbocycles. The lowest BCUT2D eigenvalue weighted by Gasteiger charge is -2.18. The van der Waals surface area contributed by atoms with Crippen molar-refractivity contribution >= 4 is 5.69 Å². The minimum Gasteiger partial charge on any atom is -0.406 e. The van der Waals surface area contributed by atoms with Crippen molar-refractivity contribution in [2.45, 2.75) is 19.3 Å². The molecule has 0 amide bonds. The third-order valence-corrected chi connectivity index (χ3v) is 2.53. The molecule has 1 atom stereocenters. The minimum absolute atomic E-state index is 0.209. The van der Waals surface area contributed by atoms with E-state index in [4.69, 9.17) is 0 Å². The topological polar surface area (TPSA) is 36.5 Å². The molecule has 0 spiro atoms. The fourth-order valence-electron chi connectivity index (χ4n) is 1.77. The summed E-state index contributed by atoms with van der Waals surface area (Å²) in [7, 11) is 1.85. The van der Waals surface area contributed by atoms with Crippen LogP contribution < -0.4 is 15.5 Å². The van der Waals surface area contributed by atoms with E-state index in [0.29, 0.717) is 5.69 Å². The SMILES string of the molecule is CC1C=C(Nc2ccc(OC(F)(F)F)cc2)N(C)N1. The minimum atomic E-state index is -4.66. The van der Waals surface area contributed by atoms with Crippen molar-refractivity contribution < 1.29 is 17.9 Å². The number of nitrogens with one attached hydrogen (secondary N) is 2. The van der Waals surface area contributed by atoms with Gasteiger partial charge in [-0.3, -0.25) is 5.01 Å². The number of benzene rings is 1. The second-order valence-corrected chi connectivity index (χ2v) is 4.23. The molecule has 1 aliphatic rings. The van der Waals surface area contributed by atoms with Crippen LogP contribution in [-0.2, 0) is 0 Å². The predicted molar refractivity (Wildman–Crippen MR) is 65.2 cm³/mol. The van der Waals surface area contributed by atoms with Crippen LogP contribution in [0.2, 0.25) is 0 Å². The molecule has 7 heteroatoms. The average molecular weight is 273 g/mol. The molecule has 19 heavy (non-hydrogen) atoms. The lowest BCUT2D eigenvalue weighted by atomic mass is 10.3. The Balaban J connectivity index is 2.01. The molecule has 0 bridgehead atoms. The van der Waals surface area contributed by atoms with E-state index in [1.54, 1.807) is 0 Å². The lowest BCUT2D eigenvalue weighted by Crippen LogP contribution is -2.33. The molecular weight excluding hydrogens is 259 g/mol. The van der Waals surface area contributed by atoms with E-state index in [1.165, 1.54) is 24.3 Å². The summed E-state index contributed by atoms with van der Waals surface area (Å²) in [5.74, 6) is 0.607. The number of hydrogen-bond donors (Lipinski definition) is 2. The van der Waals surface area contributed by atoms with Gasteiger partial charge in [-0.25, -0.2) is 5.43 Å². The molecule has 0 saturated heterocycles. The van der Waals surface area contributed by atoms with Gasteiger partial charge < -0.3 is 10.1 Å². The summed E-state index contributed by atoms with van der Waals surface area (Å²) < 4.78 is 39.8. The second kappa shape index (κ2) is 5.00. The predicted octanol–water partition coefficient (Wildman–Crippen LogP) is 2.68. The maximum Gasteiger partial charge on any atom is 0.573 e. The molecule has 104 valence electrons. The molecule has 0 radical (unpaired) electrons. The van der Waals surface area contributed by atoms with Crippen LogP contribution in [0.3, 0.4) is 0 Å². The van der Waals surface area contributed by atoms with Crippen molar-refractivity contribution in [1.82, 2.24) is 10.4 Å². The highest BCUT2D eigenvalue weighted by molar-refractivity contribution is 5.50. The van der Waals surface area contributed by atoms with Gasteiger partial charge in [0.2, 0.25) is 0 Å². The number of hydrogen-bond acceptors (Lipinski definition) is 4. The fraction of sp³-hybridized carbons (Fsp3) is 0.333. The number of hydrazine groups is 1. The van der Waals surface area contributed by atoms with Crippen LogP contribution in [0.15, 0.2) is 36.2 Å². The zero-order valence-electron chi connectivity index (χ0n) is 10.5. The van der Waals surface area contributed by atoms with E-state index in [2.05, 4.69) is 15.5 Å². The van der Waals surface area contributed by atoms with E-state index >= 15 is 0 Å². The van der Waals surface area contributed by atoms with Crippen molar-refractivity contribution in [2.24, 2.45) is 0 Å². The number of anilines is 1. The van der Waals surface area contributed by atoms with Gasteiger partial charge >= 0.3 is 6.36 Å². The Morgan fingerprint density at radius 3 is 2.37 bits per heavy atom. The lowest BCUT2D eigenvalue weighted by molar-refractivity contribution is -0.274. The molecule has 0 saturated carbocycles. The molecule has 1 heterocycles. The van der Waals surface area contributed by atoms with E-state index in [0.717, 1.165) is 5.82 Å². The first-order valence-corrected chi connectivity index (χ1v) is 5.68. The Hall–Kier alpha value is -1.89. The fourth-order valence-corrected chi connectivity index (χ4v) is 1.77. The van der Waals surface area contributed by atoms with Gasteiger partial charge in [-0.15, -0.1) is 13.2 Å². The zero-order chi connectivity index (χ0) is 14.0. The monoisotopic (exact) mass is 273 g/mol. The molecular formula is C12H14F3N3O. The van der Waals surface area contributed by atoms with Crippen LogP contribution in [0.5, 0.6) is 5.75 Å². The molecule has 1 unspecified atom stereocenters. The smallest absolute Gasteiger partial charge is 0.406 e. The first-order chi connectivity index (χ1) is 8.83. The molecule has 4 nitrogen and oxygen atoms in total. The first-order valence-electron chi connectivity index (χ1n) is 5.68. The van der Waals surface area contributed by atoms with Gasteiger partial charge in [0.05, 0.1) is 0 Å². The van der Waals surface area contributed by atoms with Gasteiger partial charge in [0.25, 0.3) is 0 Å². The number of ether oxygens (including phenoxy) is 1. The Labute approximate surface area is 108 Å². The van der Waals surface area contributed by atoms with E-state index in [9.17, 15) is 13.2 Å². The van der Waals surface area contributed by atoms with Crippen LogP contribution in [0, 0.1) is 0 Å². The van der Waals surface area contributed by atoms with Crippen LogP contribution in [0.25, 0.3) is 0 Å². The summed E-state index contributed by atoms with van der Waals surface area (Å²) in [5.41, 5.74) is 3.82. The van der Waals surface area contributed by atoms with Gasteiger partial charge in [0.1, 0.15) is 11.6 Å². The number of alkyl halides is 3. The van der Waals surface area contributed by atoms with Crippen molar-refractivity contribution in [2.75, 3.05) is 12.4 Å². The van der Waals surface area contributed by atoms with Crippen molar-refractivity contribution in [3.05, 3.63) is 36.2 Å². The maximum absolute atomic E-state index is 12.0. The van der Waals surface area contributed by atoms with Gasteiger partial charge in [0, 0.05) is 18.8 Å². The Morgan fingerprint density at radius 1 is 1.26 bits per heavy atom. The number of nitrogens with zero attached hydrogens (tertiary/aromatic N) is 1. The molecule has 1 aromatic rings. The van der Waals surface area contributed by atoms with Gasteiger partial charge in [-0.1, -0.05) is 0 Å². The third kappa shape index (κ3) is 3.78. The van der Waals surface area contributed by atoms with Crippen LogP contribution in [0.1, 0.15) is 6.92 Å². The molecule has 0 aliphatic carbocycles. The van der Waals surface area contributed by atoms with E-state index < -0.39 is 6.36 Å². The third-order valence-electron chi connectivity index (χ3n) is 2.53. The van der Waals surface area contributed by atoms with E-state index in [-0.39, 0.29) is 11.8 Å². The zero-order valence-corrected chi connectivity index (χ0v) is 10.5. The van der Waals surface area contributed by atoms with Crippen molar-refractivity contribution in [3.63, 3.8) is 0 Å². The standard InChI is InChI=1S/C12H14F3N3O/c1-8-7-11(18(2)17-8)16-9-3-5-10(6-4-9)19-12(13,14)15/h3-8,16-17H,1-2H3. The maximum atomic E-state index is 12.0. The molecule has 0 aromatic heterocycles. The highest BCUT2D eigenvalue weighted by atomic mass is 19.4. The summed E-state index contributed by atoms with van der Waals surface area (Å²) in [4.78, 5) is 0. The van der Waals surface area contributed by atoms with E-state index in [1.807, 2.05) is 25.1 Å². The normalized spacial score (nSPS) is 19.3. The highest BCUT2D eigenvalue weighted by Gasteiger charge is 2.30. The van der Waals surface area contributed by atoms with Crippen LogP contribution in [-0.4, -0.2) is 24.5 Å². The second-order valence-electron chi connectivity index (χ2n) is 4.23. The Kier molecular flexibility index (Phi) is 3.57. The Bertz CT molecular complexity index is 470. The number of halogens is 3. The quantitative estimate of drug-likeness (QED) is 0.887. The molecule has 2 N–H and O–H groups in total. The first kappa shape index (κ1) is 13.5. The highest BCUT2D eigenvalue weighted by Crippen LogP contribution is 2.24. The average Bonchev–Trinajstić information content (AvgIpc) is 2.58. The molecule has 1 aliphatic heterocycles. The summed E-state index contributed by atoms with van der Waals surface area (Å²) in [6.45, 7) is 1.99. The number of rotatable bonds is 3. The summed E-state index contributed by atoms with van der Waals surface area (Å²) in [6.07, 6.45) is -2.69. The largest absolute Gasteiger partial charge is 0.573 e. The Morgan fingerprint density at radius 2 is 1.89 bits per heavy atom.